The molecule has 2 aromatic rings. The van der Waals surface area contributed by atoms with Crippen LogP contribution in [-0.2, 0) is 0 Å². The van der Waals surface area contributed by atoms with Gasteiger partial charge in [-0.3, -0.25) is 14.9 Å². The SMILES string of the molecule is CSc1ccc(C(=O)NC[C@H](c2ccco2)[NH+](C)C)cc1[N+](=O)[O-]. The number of benzene rings is 1. The van der Waals surface area contributed by atoms with Crippen LogP contribution in [0.15, 0.2) is 45.9 Å². The van der Waals surface area contributed by atoms with Crippen molar-refractivity contribution in [1.29, 1.82) is 0 Å². The second kappa shape index (κ2) is 7.98. The van der Waals surface area contributed by atoms with Crippen molar-refractivity contribution in [3.05, 3.63) is 58.0 Å². The van der Waals surface area contributed by atoms with Crippen molar-refractivity contribution in [2.24, 2.45) is 0 Å². The first kappa shape index (κ1) is 18.0. The van der Waals surface area contributed by atoms with Crippen molar-refractivity contribution in [2.45, 2.75) is 10.9 Å². The molecule has 1 heterocycles. The van der Waals surface area contributed by atoms with E-state index in [-0.39, 0.29) is 23.2 Å². The number of carbonyl (C=O) groups excluding carboxylic acids is 1. The van der Waals surface area contributed by atoms with E-state index < -0.39 is 4.92 Å². The molecule has 1 atom stereocenters. The number of nitro benzene ring substituents is 1. The average Bonchev–Trinajstić information content (AvgIpc) is 3.08. The lowest BCUT2D eigenvalue weighted by Gasteiger charge is -2.19. The average molecular weight is 350 g/mol. The number of nitrogens with zero attached hydrogens (tertiary/aromatic N) is 1. The highest BCUT2D eigenvalue weighted by atomic mass is 32.2. The zero-order valence-electron chi connectivity index (χ0n) is 13.7. The molecule has 24 heavy (non-hydrogen) atoms. The zero-order valence-corrected chi connectivity index (χ0v) is 14.6. The summed E-state index contributed by atoms with van der Waals surface area (Å²) in [6, 6.07) is 8.13. The molecule has 0 saturated heterocycles. The third-order valence-corrected chi connectivity index (χ3v) is 4.47. The topological polar surface area (TPSA) is 89.8 Å². The molecule has 2 N–H and O–H groups in total. The van der Waals surface area contributed by atoms with E-state index in [0.717, 1.165) is 10.7 Å². The number of carbonyl (C=O) groups is 1. The highest BCUT2D eigenvalue weighted by Crippen LogP contribution is 2.28. The molecule has 1 aromatic carbocycles. The van der Waals surface area contributed by atoms with Crippen LogP contribution in [-0.4, -0.2) is 37.7 Å². The van der Waals surface area contributed by atoms with Crippen molar-refractivity contribution in [3.8, 4) is 0 Å². The molecule has 0 spiro atoms. The van der Waals surface area contributed by atoms with Crippen LogP contribution in [0.4, 0.5) is 5.69 Å². The Hall–Kier alpha value is -2.32. The van der Waals surface area contributed by atoms with Gasteiger partial charge in [0.15, 0.2) is 11.8 Å². The summed E-state index contributed by atoms with van der Waals surface area (Å²) in [5.41, 5.74) is 0.211. The smallest absolute Gasteiger partial charge is 0.283 e. The lowest BCUT2D eigenvalue weighted by molar-refractivity contribution is -0.891. The molecule has 0 fully saturated rings. The minimum atomic E-state index is -0.474. The number of amides is 1. The van der Waals surface area contributed by atoms with Crippen molar-refractivity contribution in [1.82, 2.24) is 5.32 Å². The van der Waals surface area contributed by atoms with Crippen LogP contribution in [0.5, 0.6) is 0 Å². The van der Waals surface area contributed by atoms with Crippen LogP contribution < -0.4 is 10.2 Å². The van der Waals surface area contributed by atoms with Crippen molar-refractivity contribution in [2.75, 3.05) is 26.9 Å². The number of hydrogen-bond acceptors (Lipinski definition) is 5. The van der Waals surface area contributed by atoms with Crippen LogP contribution in [0.25, 0.3) is 0 Å². The van der Waals surface area contributed by atoms with Gasteiger partial charge >= 0.3 is 0 Å². The Morgan fingerprint density at radius 2 is 2.17 bits per heavy atom. The quantitative estimate of drug-likeness (QED) is 0.449. The lowest BCUT2D eigenvalue weighted by atomic mass is 10.1. The van der Waals surface area contributed by atoms with E-state index >= 15 is 0 Å². The van der Waals surface area contributed by atoms with Gasteiger partial charge in [0.25, 0.3) is 11.6 Å². The number of likely N-dealkylation sites (N-methyl/N-ethyl adjacent to an activating group) is 1. The summed E-state index contributed by atoms with van der Waals surface area (Å²) >= 11 is 1.28. The molecule has 0 saturated carbocycles. The number of quaternary nitrogens is 1. The van der Waals surface area contributed by atoms with E-state index in [4.69, 9.17) is 4.42 Å². The van der Waals surface area contributed by atoms with Crippen LogP contribution in [0, 0.1) is 10.1 Å². The van der Waals surface area contributed by atoms with Gasteiger partial charge in [-0.15, -0.1) is 11.8 Å². The Bertz CT molecular complexity index is 716. The number of furan rings is 1. The summed E-state index contributed by atoms with van der Waals surface area (Å²) in [4.78, 5) is 24.6. The second-order valence-corrected chi connectivity index (χ2v) is 6.35. The molecule has 0 aliphatic heterocycles. The van der Waals surface area contributed by atoms with Crippen LogP contribution in [0.1, 0.15) is 22.2 Å². The fourth-order valence-electron chi connectivity index (χ4n) is 2.35. The minimum absolute atomic E-state index is 0.0376. The molecule has 1 amide bonds. The first-order chi connectivity index (χ1) is 11.4. The van der Waals surface area contributed by atoms with Gasteiger partial charge in [0, 0.05) is 11.6 Å². The molecule has 0 aliphatic carbocycles. The summed E-state index contributed by atoms with van der Waals surface area (Å²) in [7, 11) is 3.94. The maximum atomic E-state index is 12.3. The van der Waals surface area contributed by atoms with Gasteiger partial charge in [-0.2, -0.15) is 0 Å². The molecule has 0 bridgehead atoms. The number of thioether (sulfide) groups is 1. The van der Waals surface area contributed by atoms with E-state index in [1.807, 2.05) is 20.2 Å². The largest absolute Gasteiger partial charge is 0.463 e. The Morgan fingerprint density at radius 1 is 1.42 bits per heavy atom. The van der Waals surface area contributed by atoms with Crippen LogP contribution >= 0.6 is 11.8 Å². The second-order valence-electron chi connectivity index (χ2n) is 5.50. The summed E-state index contributed by atoms with van der Waals surface area (Å²) < 4.78 is 5.41. The fraction of sp³-hybridized carbons (Fsp3) is 0.312. The molecule has 0 radical (unpaired) electrons. The highest BCUT2D eigenvalue weighted by molar-refractivity contribution is 7.98. The summed E-state index contributed by atoms with van der Waals surface area (Å²) in [6.07, 6.45) is 3.35. The fourth-order valence-corrected chi connectivity index (χ4v) is 2.90. The Morgan fingerprint density at radius 3 is 2.71 bits per heavy atom. The van der Waals surface area contributed by atoms with Gasteiger partial charge < -0.3 is 14.6 Å². The summed E-state index contributed by atoms with van der Waals surface area (Å²) in [5, 5.41) is 13.9. The first-order valence-corrected chi connectivity index (χ1v) is 8.60. The van der Waals surface area contributed by atoms with Gasteiger partial charge in [0.2, 0.25) is 0 Å². The maximum absolute atomic E-state index is 12.3. The van der Waals surface area contributed by atoms with Crippen molar-refractivity contribution in [3.63, 3.8) is 0 Å². The standard InChI is InChI=1S/C16H19N3O4S/c1-18(2)13(14-5-4-8-23-14)10-17-16(20)11-6-7-15(24-3)12(9-11)19(21)22/h4-9,13H,10H2,1-3H3,(H,17,20)/p+1/t13-/m1/s1. The van der Waals surface area contributed by atoms with E-state index in [0.29, 0.717) is 11.4 Å². The Kier molecular flexibility index (Phi) is 5.99. The Balaban J connectivity index is 2.12. The monoisotopic (exact) mass is 350 g/mol. The van der Waals surface area contributed by atoms with Gasteiger partial charge in [0.05, 0.1) is 36.7 Å². The summed E-state index contributed by atoms with van der Waals surface area (Å²) in [5.74, 6) is 0.433. The third-order valence-electron chi connectivity index (χ3n) is 3.69. The normalized spacial score (nSPS) is 12.2. The maximum Gasteiger partial charge on any atom is 0.283 e. The highest BCUT2D eigenvalue weighted by Gasteiger charge is 2.23. The van der Waals surface area contributed by atoms with Gasteiger partial charge in [-0.1, -0.05) is 0 Å². The van der Waals surface area contributed by atoms with Crippen molar-refractivity contribution >= 4 is 23.4 Å². The molecule has 0 unspecified atom stereocenters. The third kappa shape index (κ3) is 4.15. The Labute approximate surface area is 144 Å². The number of nitro groups is 1. The zero-order chi connectivity index (χ0) is 17.7. The number of hydrogen-bond donors (Lipinski definition) is 2. The molecular weight excluding hydrogens is 330 g/mol. The van der Waals surface area contributed by atoms with Gasteiger partial charge in [-0.25, -0.2) is 0 Å². The van der Waals surface area contributed by atoms with Crippen molar-refractivity contribution < 1.29 is 19.0 Å². The number of rotatable bonds is 7. The summed E-state index contributed by atoms with van der Waals surface area (Å²) in [6.45, 7) is 0.368. The van der Waals surface area contributed by atoms with E-state index in [1.54, 1.807) is 30.7 Å². The molecule has 128 valence electrons. The molecule has 0 aliphatic rings. The first-order valence-electron chi connectivity index (χ1n) is 7.38. The molecule has 7 nitrogen and oxygen atoms in total. The predicted octanol–water partition coefficient (Wildman–Crippen LogP) is 1.53. The van der Waals surface area contributed by atoms with E-state index in [9.17, 15) is 14.9 Å². The molecule has 8 heteroatoms. The number of nitrogens with one attached hydrogen (secondary N) is 2. The lowest BCUT2D eigenvalue weighted by Crippen LogP contribution is -3.07. The van der Waals surface area contributed by atoms with E-state index in [1.165, 1.54) is 17.8 Å². The van der Waals surface area contributed by atoms with Gasteiger partial charge in [0.1, 0.15) is 0 Å². The van der Waals surface area contributed by atoms with Crippen LogP contribution in [0.2, 0.25) is 0 Å². The van der Waals surface area contributed by atoms with Gasteiger partial charge in [-0.05, 0) is 30.5 Å². The molecule has 2 rings (SSSR count). The minimum Gasteiger partial charge on any atom is -0.463 e. The molecular formula is C16H20N3O4S+. The molecule has 1 aromatic heterocycles. The van der Waals surface area contributed by atoms with E-state index in [2.05, 4.69) is 5.32 Å². The van der Waals surface area contributed by atoms with Crippen LogP contribution in [0.3, 0.4) is 0 Å². The predicted molar refractivity (Wildman–Crippen MR) is 91.5 cm³/mol.